The third kappa shape index (κ3) is 6.93. The molecular formula is C30H36O4. The number of carbonyl (C=O) groups is 1. The van der Waals surface area contributed by atoms with Gasteiger partial charge in [-0.05, 0) is 71.4 Å². The van der Waals surface area contributed by atoms with E-state index in [1.54, 1.807) is 7.11 Å². The number of aliphatic hydroxyl groups is 1. The van der Waals surface area contributed by atoms with Crippen molar-refractivity contribution < 1.29 is 19.7 Å². The van der Waals surface area contributed by atoms with Gasteiger partial charge in [0, 0.05) is 19.6 Å². The molecule has 2 aromatic rings. The molecule has 4 heteroatoms. The van der Waals surface area contributed by atoms with Gasteiger partial charge in [0.25, 0.3) is 5.97 Å². The summed E-state index contributed by atoms with van der Waals surface area (Å²) in [6.07, 6.45) is 11.4. The summed E-state index contributed by atoms with van der Waals surface area (Å²) < 4.78 is 5.65. The molecule has 0 aromatic heterocycles. The highest BCUT2D eigenvalue weighted by molar-refractivity contribution is 6.07. The molecule has 4 nitrogen and oxygen atoms in total. The first-order chi connectivity index (χ1) is 16.4. The van der Waals surface area contributed by atoms with Crippen molar-refractivity contribution in [2.75, 3.05) is 14.2 Å². The summed E-state index contributed by atoms with van der Waals surface area (Å²) in [5, 5.41) is 14.4. The average Bonchev–Trinajstić information content (AvgIpc) is 3.12. The Hall–Kier alpha value is -3.63. The minimum absolute atomic E-state index is 0.833. The normalized spacial score (nSPS) is 13.6. The molecule has 1 aliphatic carbocycles. The minimum atomic E-state index is -0.833. The van der Waals surface area contributed by atoms with Crippen molar-refractivity contribution in [3.63, 3.8) is 0 Å². The number of rotatable bonds is 6. The van der Waals surface area contributed by atoms with Gasteiger partial charge in [0.1, 0.15) is 5.75 Å². The topological polar surface area (TPSA) is 66.8 Å². The maximum absolute atomic E-state index is 9.00. The van der Waals surface area contributed by atoms with Crippen molar-refractivity contribution in [1.82, 2.24) is 0 Å². The fraction of sp³-hybridized carbons (Fsp3) is 0.233. The smallest absolute Gasteiger partial charge is 0.300 e. The molecule has 0 heterocycles. The van der Waals surface area contributed by atoms with Gasteiger partial charge in [-0.15, -0.1) is 0 Å². The van der Waals surface area contributed by atoms with Crippen LogP contribution in [0.25, 0.3) is 22.8 Å². The predicted octanol–water partition coefficient (Wildman–Crippen LogP) is 7.28. The third-order valence-corrected chi connectivity index (χ3v) is 5.34. The van der Waals surface area contributed by atoms with Crippen molar-refractivity contribution >= 4 is 28.8 Å². The van der Waals surface area contributed by atoms with Gasteiger partial charge in [0.15, 0.2) is 0 Å². The van der Waals surface area contributed by atoms with Crippen molar-refractivity contribution in [3.05, 3.63) is 101 Å². The highest BCUT2D eigenvalue weighted by Crippen LogP contribution is 2.47. The largest absolute Gasteiger partial charge is 0.496 e. The Balaban J connectivity index is 0.000000872. The molecule has 0 saturated carbocycles. The maximum Gasteiger partial charge on any atom is 0.300 e. The Morgan fingerprint density at radius 3 is 2.32 bits per heavy atom. The first kappa shape index (κ1) is 28.4. The van der Waals surface area contributed by atoms with Crippen LogP contribution >= 0.6 is 0 Å². The fourth-order valence-corrected chi connectivity index (χ4v) is 4.00. The molecule has 2 aromatic carbocycles. The van der Waals surface area contributed by atoms with Crippen LogP contribution in [0, 0.1) is 0 Å². The summed E-state index contributed by atoms with van der Waals surface area (Å²) >= 11 is 0. The van der Waals surface area contributed by atoms with Gasteiger partial charge in [0.2, 0.25) is 0 Å². The van der Waals surface area contributed by atoms with E-state index in [0.29, 0.717) is 0 Å². The lowest BCUT2D eigenvalue weighted by molar-refractivity contribution is -0.134. The Bertz CT molecular complexity index is 1110. The van der Waals surface area contributed by atoms with Crippen LogP contribution in [0.1, 0.15) is 56.4 Å². The third-order valence-electron chi connectivity index (χ3n) is 5.34. The Morgan fingerprint density at radius 1 is 1.12 bits per heavy atom. The Labute approximate surface area is 203 Å². The van der Waals surface area contributed by atoms with Crippen LogP contribution in [0.2, 0.25) is 0 Å². The van der Waals surface area contributed by atoms with Crippen molar-refractivity contribution in [1.29, 1.82) is 0 Å². The summed E-state index contributed by atoms with van der Waals surface area (Å²) in [6.45, 7) is 11.4. The molecule has 2 N–H and O–H groups in total. The standard InChI is InChI=1S/C27H28O.C2H4O2.CH4O/c1-6-9-13-20(7-2)23-15-11-10-14-21(23)18-25-22(8-3)19(4)27-24(25)16-12-17-26(27)28-5;1-2(3)4;1-2/h6-7,9-18H,1,8H2,2-5H3;1H3,(H,3,4);2H,1H3/b13-9-,20-7+,25-18-;;. The Morgan fingerprint density at radius 2 is 1.76 bits per heavy atom. The molecule has 3 rings (SSSR count). The summed E-state index contributed by atoms with van der Waals surface area (Å²) in [5.41, 5.74) is 10.1. The number of methoxy groups -OCH3 is 1. The number of ether oxygens (including phenoxy) is 1. The highest BCUT2D eigenvalue weighted by Gasteiger charge is 2.25. The Kier molecular flexibility index (Phi) is 12.1. The van der Waals surface area contributed by atoms with Gasteiger partial charge in [-0.2, -0.15) is 0 Å². The van der Waals surface area contributed by atoms with Crippen molar-refractivity contribution in [2.45, 2.75) is 34.1 Å². The van der Waals surface area contributed by atoms with E-state index in [9.17, 15) is 0 Å². The van der Waals surface area contributed by atoms with Crippen LogP contribution in [-0.4, -0.2) is 30.4 Å². The van der Waals surface area contributed by atoms with Gasteiger partial charge in [-0.25, -0.2) is 0 Å². The molecule has 34 heavy (non-hydrogen) atoms. The van der Waals surface area contributed by atoms with Crippen LogP contribution in [0.5, 0.6) is 5.75 Å². The summed E-state index contributed by atoms with van der Waals surface area (Å²) in [5.74, 6) is 0.112. The number of aliphatic carboxylic acids is 1. The lowest BCUT2D eigenvalue weighted by Crippen LogP contribution is -1.91. The van der Waals surface area contributed by atoms with E-state index in [4.69, 9.17) is 19.7 Å². The van der Waals surface area contributed by atoms with Crippen LogP contribution in [0.3, 0.4) is 0 Å². The molecule has 1 aliphatic rings. The van der Waals surface area contributed by atoms with E-state index < -0.39 is 5.97 Å². The predicted molar refractivity (Wildman–Crippen MR) is 145 cm³/mol. The van der Waals surface area contributed by atoms with Crippen LogP contribution < -0.4 is 4.74 Å². The molecule has 0 bridgehead atoms. The average molecular weight is 461 g/mol. The molecule has 0 aliphatic heterocycles. The van der Waals surface area contributed by atoms with E-state index in [2.05, 4.69) is 82.0 Å². The molecule has 0 amide bonds. The number of carboxylic acid groups (broad SMARTS) is 1. The van der Waals surface area contributed by atoms with Gasteiger partial charge in [-0.3, -0.25) is 4.79 Å². The van der Waals surface area contributed by atoms with Crippen LogP contribution in [-0.2, 0) is 4.79 Å². The summed E-state index contributed by atoms with van der Waals surface area (Å²) in [7, 11) is 2.75. The molecule has 0 atom stereocenters. The second-order valence-electron chi connectivity index (χ2n) is 7.34. The minimum Gasteiger partial charge on any atom is -0.496 e. The van der Waals surface area contributed by atoms with E-state index in [-0.39, 0.29) is 0 Å². The lowest BCUT2D eigenvalue weighted by Gasteiger charge is -2.11. The first-order valence-corrected chi connectivity index (χ1v) is 11.2. The molecule has 180 valence electrons. The van der Waals surface area contributed by atoms with Gasteiger partial charge >= 0.3 is 0 Å². The number of fused-ring (bicyclic) bond motifs is 1. The van der Waals surface area contributed by atoms with E-state index in [0.717, 1.165) is 26.2 Å². The second kappa shape index (κ2) is 14.5. The monoisotopic (exact) mass is 460 g/mol. The SMILES string of the molecule is C=C/C=C\C(=C/C)c1ccccc1/C=C1/C(CC)=C(C)c2c(OC)cccc21.CC(=O)O.CO. The van der Waals surface area contributed by atoms with E-state index in [1.807, 2.05) is 18.2 Å². The zero-order chi connectivity index (χ0) is 25.7. The zero-order valence-electron chi connectivity index (χ0n) is 21.1. The molecule has 0 unspecified atom stereocenters. The number of hydrogen-bond acceptors (Lipinski definition) is 3. The highest BCUT2D eigenvalue weighted by atomic mass is 16.5. The van der Waals surface area contributed by atoms with Crippen molar-refractivity contribution in [3.8, 4) is 5.75 Å². The number of benzene rings is 2. The van der Waals surface area contributed by atoms with Gasteiger partial charge < -0.3 is 14.9 Å². The fourth-order valence-electron chi connectivity index (χ4n) is 4.00. The quantitative estimate of drug-likeness (QED) is 0.445. The first-order valence-electron chi connectivity index (χ1n) is 11.2. The molecule has 0 radical (unpaired) electrons. The van der Waals surface area contributed by atoms with Crippen molar-refractivity contribution in [2.24, 2.45) is 0 Å². The molecular weight excluding hydrogens is 424 g/mol. The molecule has 0 spiro atoms. The van der Waals surface area contributed by atoms with E-state index in [1.165, 1.54) is 44.5 Å². The number of aliphatic hydroxyl groups excluding tert-OH is 1. The van der Waals surface area contributed by atoms with Gasteiger partial charge in [-0.1, -0.05) is 74.2 Å². The molecule has 0 fully saturated rings. The second-order valence-corrected chi connectivity index (χ2v) is 7.34. The number of allylic oxidation sites excluding steroid dienone is 8. The summed E-state index contributed by atoms with van der Waals surface area (Å²) in [4.78, 5) is 9.00. The number of hydrogen-bond donors (Lipinski definition) is 2. The van der Waals surface area contributed by atoms with Crippen LogP contribution in [0.15, 0.2) is 78.9 Å². The summed E-state index contributed by atoms with van der Waals surface area (Å²) in [6, 6.07) is 14.9. The number of carboxylic acids is 1. The van der Waals surface area contributed by atoms with Crippen LogP contribution in [0.4, 0.5) is 0 Å². The lowest BCUT2D eigenvalue weighted by atomic mass is 9.93. The van der Waals surface area contributed by atoms with Gasteiger partial charge in [0.05, 0.1) is 7.11 Å². The van der Waals surface area contributed by atoms with E-state index >= 15 is 0 Å². The zero-order valence-corrected chi connectivity index (χ0v) is 21.1. The molecule has 0 saturated heterocycles. The maximum atomic E-state index is 9.00.